The summed E-state index contributed by atoms with van der Waals surface area (Å²) in [5.74, 6) is 2.48. The van der Waals surface area contributed by atoms with E-state index in [4.69, 9.17) is 9.26 Å². The Labute approximate surface area is 170 Å². The van der Waals surface area contributed by atoms with Crippen molar-refractivity contribution in [2.75, 3.05) is 7.11 Å². The summed E-state index contributed by atoms with van der Waals surface area (Å²) >= 11 is 0. The minimum absolute atomic E-state index is 0.0356. The van der Waals surface area contributed by atoms with Gasteiger partial charge in [0.25, 0.3) is 11.8 Å². The number of carbonyl (C=O) groups excluding carboxylic acids is 1. The smallest absolute Gasteiger partial charge is 0.257 e. The second-order valence-corrected chi connectivity index (χ2v) is 7.58. The molecule has 2 aromatic carbocycles. The summed E-state index contributed by atoms with van der Waals surface area (Å²) in [5.41, 5.74) is 2.55. The standard InChI is InChI=1S/C23H25N3O3/c1-15(18-6-7-18)26(14-17-4-12-21(28-3)13-5-17)23(27)20-10-8-19(9-11-20)22-24-16(2)25-29-22/h4-5,8-13,15,18H,6-7,14H2,1-3H3. The first-order valence-electron chi connectivity index (χ1n) is 9.90. The fourth-order valence-corrected chi connectivity index (χ4v) is 3.50. The third kappa shape index (κ3) is 4.31. The normalized spacial score (nSPS) is 14.4. The predicted octanol–water partition coefficient (Wildman–Crippen LogP) is 4.49. The number of hydrogen-bond acceptors (Lipinski definition) is 5. The van der Waals surface area contributed by atoms with Crippen LogP contribution in [-0.2, 0) is 6.54 Å². The number of carbonyl (C=O) groups is 1. The molecule has 1 aliphatic rings. The Bertz CT molecular complexity index is 975. The molecule has 0 spiro atoms. The van der Waals surface area contributed by atoms with E-state index >= 15 is 0 Å². The lowest BCUT2D eigenvalue weighted by Gasteiger charge is -2.30. The molecule has 3 aromatic rings. The second kappa shape index (κ2) is 8.07. The van der Waals surface area contributed by atoms with Gasteiger partial charge < -0.3 is 14.2 Å². The lowest BCUT2D eigenvalue weighted by Crippen LogP contribution is -2.39. The Balaban J connectivity index is 1.55. The zero-order chi connectivity index (χ0) is 20.4. The van der Waals surface area contributed by atoms with Gasteiger partial charge in [-0.25, -0.2) is 0 Å². The Hall–Kier alpha value is -3.15. The molecule has 6 heteroatoms. The number of methoxy groups -OCH3 is 1. The number of hydrogen-bond donors (Lipinski definition) is 0. The van der Waals surface area contributed by atoms with Crippen LogP contribution in [-0.4, -0.2) is 34.1 Å². The molecule has 1 heterocycles. The van der Waals surface area contributed by atoms with Crippen LogP contribution in [0.25, 0.3) is 11.5 Å². The number of benzene rings is 2. The summed E-state index contributed by atoms with van der Waals surface area (Å²) in [5, 5.41) is 3.82. The molecule has 1 fully saturated rings. The minimum atomic E-state index is 0.0356. The monoisotopic (exact) mass is 391 g/mol. The van der Waals surface area contributed by atoms with Crippen molar-refractivity contribution in [1.82, 2.24) is 15.0 Å². The van der Waals surface area contributed by atoms with E-state index in [0.29, 0.717) is 29.7 Å². The van der Waals surface area contributed by atoms with Gasteiger partial charge >= 0.3 is 0 Å². The van der Waals surface area contributed by atoms with Crippen molar-refractivity contribution in [3.05, 3.63) is 65.5 Å². The van der Waals surface area contributed by atoms with Crippen molar-refractivity contribution in [2.24, 2.45) is 5.92 Å². The van der Waals surface area contributed by atoms with E-state index in [0.717, 1.165) is 16.9 Å². The molecule has 1 saturated carbocycles. The quantitative estimate of drug-likeness (QED) is 0.593. The first-order chi connectivity index (χ1) is 14.0. The van der Waals surface area contributed by atoms with E-state index in [1.54, 1.807) is 14.0 Å². The van der Waals surface area contributed by atoms with E-state index in [2.05, 4.69) is 17.1 Å². The SMILES string of the molecule is COc1ccc(CN(C(=O)c2ccc(-c3nc(C)no3)cc2)C(C)C2CC2)cc1. The fraction of sp³-hybridized carbons (Fsp3) is 0.348. The van der Waals surface area contributed by atoms with Gasteiger partial charge in [0.15, 0.2) is 5.82 Å². The van der Waals surface area contributed by atoms with Gasteiger partial charge in [0.1, 0.15) is 5.75 Å². The molecule has 1 atom stereocenters. The molecule has 1 aliphatic carbocycles. The average Bonchev–Trinajstić information content (AvgIpc) is 3.52. The summed E-state index contributed by atoms with van der Waals surface area (Å²) in [6.45, 7) is 4.50. The van der Waals surface area contributed by atoms with Crippen LogP contribution in [0, 0.1) is 12.8 Å². The molecule has 0 aliphatic heterocycles. The summed E-state index contributed by atoms with van der Waals surface area (Å²) in [7, 11) is 1.65. The van der Waals surface area contributed by atoms with Crippen LogP contribution in [0.4, 0.5) is 0 Å². The van der Waals surface area contributed by atoms with E-state index < -0.39 is 0 Å². The molecule has 0 N–H and O–H groups in total. The first-order valence-corrected chi connectivity index (χ1v) is 9.90. The molecule has 1 aromatic heterocycles. The van der Waals surface area contributed by atoms with Gasteiger partial charge in [-0.2, -0.15) is 4.98 Å². The lowest BCUT2D eigenvalue weighted by atomic mass is 10.1. The van der Waals surface area contributed by atoms with Crippen LogP contribution in [0.2, 0.25) is 0 Å². The van der Waals surface area contributed by atoms with E-state index in [9.17, 15) is 4.79 Å². The Morgan fingerprint density at radius 1 is 1.17 bits per heavy atom. The van der Waals surface area contributed by atoms with Crippen molar-refractivity contribution in [3.63, 3.8) is 0 Å². The number of amides is 1. The number of aromatic nitrogens is 2. The third-order valence-corrected chi connectivity index (χ3v) is 5.48. The van der Waals surface area contributed by atoms with Crippen LogP contribution in [0.15, 0.2) is 53.1 Å². The van der Waals surface area contributed by atoms with Gasteiger partial charge in [-0.3, -0.25) is 4.79 Å². The van der Waals surface area contributed by atoms with Gasteiger partial charge in [0.2, 0.25) is 0 Å². The fourth-order valence-electron chi connectivity index (χ4n) is 3.50. The van der Waals surface area contributed by atoms with E-state index in [1.807, 2.05) is 53.4 Å². The van der Waals surface area contributed by atoms with Crippen molar-refractivity contribution in [3.8, 4) is 17.2 Å². The van der Waals surface area contributed by atoms with Gasteiger partial charge in [-0.15, -0.1) is 0 Å². The molecular formula is C23H25N3O3. The number of rotatable bonds is 7. The maximum Gasteiger partial charge on any atom is 0.257 e. The van der Waals surface area contributed by atoms with Crippen molar-refractivity contribution in [2.45, 2.75) is 39.3 Å². The lowest BCUT2D eigenvalue weighted by molar-refractivity contribution is 0.0654. The number of nitrogens with zero attached hydrogens (tertiary/aromatic N) is 3. The molecule has 150 valence electrons. The highest BCUT2D eigenvalue weighted by Gasteiger charge is 2.34. The van der Waals surface area contributed by atoms with E-state index in [-0.39, 0.29) is 11.9 Å². The second-order valence-electron chi connectivity index (χ2n) is 7.58. The Morgan fingerprint density at radius 3 is 2.41 bits per heavy atom. The minimum Gasteiger partial charge on any atom is -0.497 e. The average molecular weight is 391 g/mol. The topological polar surface area (TPSA) is 68.5 Å². The summed E-state index contributed by atoms with van der Waals surface area (Å²) < 4.78 is 10.4. The summed E-state index contributed by atoms with van der Waals surface area (Å²) in [6.07, 6.45) is 2.37. The number of aryl methyl sites for hydroxylation is 1. The van der Waals surface area contributed by atoms with Gasteiger partial charge in [-0.05, 0) is 74.6 Å². The molecule has 29 heavy (non-hydrogen) atoms. The van der Waals surface area contributed by atoms with Gasteiger partial charge in [0.05, 0.1) is 7.11 Å². The molecular weight excluding hydrogens is 366 g/mol. The maximum absolute atomic E-state index is 13.3. The first kappa shape index (κ1) is 19.2. The maximum atomic E-state index is 13.3. The third-order valence-electron chi connectivity index (χ3n) is 5.48. The van der Waals surface area contributed by atoms with Crippen LogP contribution >= 0.6 is 0 Å². The molecule has 0 bridgehead atoms. The summed E-state index contributed by atoms with van der Waals surface area (Å²) in [6, 6.07) is 15.5. The molecule has 0 saturated heterocycles. The molecule has 1 unspecified atom stereocenters. The van der Waals surface area contributed by atoms with E-state index in [1.165, 1.54) is 12.8 Å². The highest BCUT2D eigenvalue weighted by molar-refractivity contribution is 5.94. The highest BCUT2D eigenvalue weighted by Crippen LogP contribution is 2.36. The number of ether oxygens (including phenoxy) is 1. The largest absolute Gasteiger partial charge is 0.497 e. The predicted molar refractivity (Wildman–Crippen MR) is 110 cm³/mol. The summed E-state index contributed by atoms with van der Waals surface area (Å²) in [4.78, 5) is 19.6. The zero-order valence-electron chi connectivity index (χ0n) is 17.0. The van der Waals surface area contributed by atoms with Crippen molar-refractivity contribution in [1.29, 1.82) is 0 Å². The van der Waals surface area contributed by atoms with Gasteiger partial charge in [0, 0.05) is 23.7 Å². The molecule has 1 amide bonds. The van der Waals surface area contributed by atoms with Crippen LogP contribution in [0.1, 0.15) is 41.5 Å². The van der Waals surface area contributed by atoms with Crippen LogP contribution < -0.4 is 4.74 Å². The Kier molecular flexibility index (Phi) is 5.34. The Morgan fingerprint density at radius 2 is 1.86 bits per heavy atom. The van der Waals surface area contributed by atoms with Crippen molar-refractivity contribution < 1.29 is 14.1 Å². The molecule has 6 nitrogen and oxygen atoms in total. The highest BCUT2D eigenvalue weighted by atomic mass is 16.5. The van der Waals surface area contributed by atoms with Crippen LogP contribution in [0.5, 0.6) is 5.75 Å². The zero-order valence-corrected chi connectivity index (χ0v) is 17.0. The van der Waals surface area contributed by atoms with Crippen LogP contribution in [0.3, 0.4) is 0 Å². The molecule has 0 radical (unpaired) electrons. The van der Waals surface area contributed by atoms with Gasteiger partial charge in [-0.1, -0.05) is 17.3 Å². The van der Waals surface area contributed by atoms with Crippen molar-refractivity contribution >= 4 is 5.91 Å². The molecule has 4 rings (SSSR count).